The van der Waals surface area contributed by atoms with Crippen LogP contribution in [0.4, 0.5) is 0 Å². The first kappa shape index (κ1) is 31.3. The van der Waals surface area contributed by atoms with Crippen molar-refractivity contribution in [3.63, 3.8) is 0 Å². The van der Waals surface area contributed by atoms with Crippen molar-refractivity contribution in [3.05, 3.63) is 24.8 Å². The maximum atomic E-state index is 12.2. The van der Waals surface area contributed by atoms with E-state index in [2.05, 4.69) is 91.0 Å². The number of rotatable bonds is 7. The molecule has 2 rings (SSSR count). The minimum atomic E-state index is -0.360. The number of carbonyl (C=O) groups is 2. The molecule has 2 heterocycles. The van der Waals surface area contributed by atoms with Crippen LogP contribution in [-0.4, -0.2) is 54.9 Å². The molecule has 2 saturated heterocycles. The largest absolute Gasteiger partial charge is 0.459 e. The third-order valence-corrected chi connectivity index (χ3v) is 11.1. The highest BCUT2D eigenvalue weighted by Crippen LogP contribution is 2.57. The lowest BCUT2D eigenvalue weighted by atomic mass is 9.66. The zero-order valence-corrected chi connectivity index (χ0v) is 26.0. The monoisotopic (exact) mass is 540 g/mol. The quantitative estimate of drug-likeness (QED) is 0.146. The Labute approximate surface area is 227 Å². The van der Waals surface area contributed by atoms with E-state index in [9.17, 15) is 9.59 Å². The lowest BCUT2D eigenvalue weighted by Crippen LogP contribution is -2.65. The molecule has 0 aromatic carbocycles. The molecule has 0 aromatic heterocycles. The van der Waals surface area contributed by atoms with Crippen LogP contribution in [0.3, 0.4) is 0 Å². The van der Waals surface area contributed by atoms with Gasteiger partial charge in [0.15, 0.2) is 0 Å². The van der Waals surface area contributed by atoms with Gasteiger partial charge in [-0.15, -0.1) is 0 Å². The summed E-state index contributed by atoms with van der Waals surface area (Å²) >= 11 is 0. The molecule has 0 N–H and O–H groups in total. The Balaban J connectivity index is 2.29. The first-order valence-electron chi connectivity index (χ1n) is 12.8. The van der Waals surface area contributed by atoms with E-state index in [-0.39, 0.29) is 51.7 Å². The van der Waals surface area contributed by atoms with Crippen molar-refractivity contribution in [1.82, 2.24) is 8.61 Å². The van der Waals surface area contributed by atoms with Gasteiger partial charge in [0.25, 0.3) is 0 Å². The van der Waals surface area contributed by atoms with E-state index in [0.29, 0.717) is 5.57 Å². The van der Waals surface area contributed by atoms with Crippen molar-refractivity contribution in [1.29, 1.82) is 0 Å². The molecule has 2 aliphatic rings. The van der Waals surface area contributed by atoms with Crippen molar-refractivity contribution in [3.8, 4) is 0 Å². The van der Waals surface area contributed by atoms with Gasteiger partial charge in [-0.1, -0.05) is 33.9 Å². The molecule has 36 heavy (non-hydrogen) atoms. The smallest absolute Gasteiger partial charge is 0.333 e. The Morgan fingerprint density at radius 2 is 1.25 bits per heavy atom. The molecule has 0 radical (unpaired) electrons. The molecule has 0 bridgehead atoms. The van der Waals surface area contributed by atoms with Crippen molar-refractivity contribution in [2.45, 2.75) is 136 Å². The minimum absolute atomic E-state index is 0.0636. The molecule has 0 spiro atoms. The van der Waals surface area contributed by atoms with Crippen LogP contribution in [0.15, 0.2) is 24.8 Å². The SMILES string of the molecule is C=CC(=O)OC1CC(C)(C)N(SSN2C(C)(C)CC(OC(=O)C(=C)C)CC2(C)C)C(C)(C(C)(C)C)C1. The van der Waals surface area contributed by atoms with E-state index in [1.807, 2.05) is 0 Å². The molecule has 2 atom stereocenters. The van der Waals surface area contributed by atoms with Gasteiger partial charge in [0, 0.05) is 81.4 Å². The van der Waals surface area contributed by atoms with Crippen LogP contribution >= 0.6 is 22.0 Å². The topological polar surface area (TPSA) is 59.1 Å². The predicted molar refractivity (Wildman–Crippen MR) is 152 cm³/mol. The van der Waals surface area contributed by atoms with E-state index >= 15 is 0 Å². The molecular weight excluding hydrogens is 492 g/mol. The standard InChI is InChI=1S/C28H48N2O4S2/c1-14-22(31)33-21-17-27(11,12)30(28(13,18-21)24(4,5)6)36-35-29-25(7,8)15-20(16-26(29,9)10)34-23(32)19(2)3/h14,20-21H,1-2,15-18H2,3-13H3. The number of piperidine rings is 2. The van der Waals surface area contributed by atoms with Gasteiger partial charge in [-0.05, 0) is 60.8 Å². The van der Waals surface area contributed by atoms with Crippen LogP contribution in [0.2, 0.25) is 0 Å². The summed E-state index contributed by atoms with van der Waals surface area (Å²) in [5, 5.41) is 0. The number of hydrogen-bond donors (Lipinski definition) is 0. The van der Waals surface area contributed by atoms with E-state index in [4.69, 9.17) is 9.47 Å². The summed E-state index contributed by atoms with van der Waals surface area (Å²) in [6.45, 7) is 31.4. The zero-order valence-electron chi connectivity index (χ0n) is 24.3. The van der Waals surface area contributed by atoms with Gasteiger partial charge in [0.05, 0.1) is 0 Å². The Bertz CT molecular complexity index is 859. The average Bonchev–Trinajstić information content (AvgIpc) is 2.66. The molecule has 0 amide bonds. The number of hydrogen-bond acceptors (Lipinski definition) is 8. The summed E-state index contributed by atoms with van der Waals surface area (Å²) in [7, 11) is 3.57. The first-order valence-corrected chi connectivity index (χ1v) is 14.9. The molecule has 2 aliphatic heterocycles. The average molecular weight is 541 g/mol. The Morgan fingerprint density at radius 3 is 1.67 bits per heavy atom. The summed E-state index contributed by atoms with van der Waals surface area (Å²) in [5.74, 6) is -0.675. The third kappa shape index (κ3) is 6.72. The van der Waals surface area contributed by atoms with Crippen LogP contribution in [0.25, 0.3) is 0 Å². The van der Waals surface area contributed by atoms with Gasteiger partial charge in [0.1, 0.15) is 12.2 Å². The lowest BCUT2D eigenvalue weighted by Gasteiger charge is -2.61. The van der Waals surface area contributed by atoms with Crippen LogP contribution in [0.1, 0.15) is 102 Å². The molecule has 2 unspecified atom stereocenters. The molecule has 0 aromatic rings. The fourth-order valence-corrected chi connectivity index (χ4v) is 9.96. The fraction of sp³-hybridized carbons (Fsp3) is 0.786. The van der Waals surface area contributed by atoms with Crippen molar-refractivity contribution >= 4 is 33.9 Å². The van der Waals surface area contributed by atoms with Crippen molar-refractivity contribution in [2.24, 2.45) is 5.41 Å². The summed E-state index contributed by atoms with van der Waals surface area (Å²) in [5.41, 5.74) is -0.468. The molecule has 206 valence electrons. The Morgan fingerprint density at radius 1 is 0.833 bits per heavy atom. The molecule has 0 aliphatic carbocycles. The van der Waals surface area contributed by atoms with E-state index < -0.39 is 0 Å². The summed E-state index contributed by atoms with van der Waals surface area (Å²) in [6.07, 6.45) is 3.94. The minimum Gasteiger partial charge on any atom is -0.459 e. The molecular formula is C28H48N2O4S2. The first-order chi connectivity index (χ1) is 16.2. The second kappa shape index (κ2) is 10.7. The van der Waals surface area contributed by atoms with Gasteiger partial charge in [0.2, 0.25) is 0 Å². The summed E-state index contributed by atoms with van der Waals surface area (Å²) < 4.78 is 16.6. The van der Waals surface area contributed by atoms with Crippen LogP contribution in [0.5, 0.6) is 0 Å². The predicted octanol–water partition coefficient (Wildman–Crippen LogP) is 7.12. The highest BCUT2D eigenvalue weighted by Gasteiger charge is 2.56. The van der Waals surface area contributed by atoms with Gasteiger partial charge in [-0.25, -0.2) is 18.2 Å². The van der Waals surface area contributed by atoms with Crippen LogP contribution in [-0.2, 0) is 19.1 Å². The molecule has 8 heteroatoms. The van der Waals surface area contributed by atoms with E-state index in [1.165, 1.54) is 6.08 Å². The van der Waals surface area contributed by atoms with E-state index in [0.717, 1.165) is 25.7 Å². The lowest BCUT2D eigenvalue weighted by molar-refractivity contribution is -0.154. The zero-order chi connectivity index (χ0) is 27.9. The molecule has 6 nitrogen and oxygen atoms in total. The number of nitrogens with zero attached hydrogens (tertiary/aromatic N) is 2. The number of esters is 2. The van der Waals surface area contributed by atoms with Gasteiger partial charge in [-0.2, -0.15) is 0 Å². The Kier molecular flexibility index (Phi) is 9.26. The molecule has 0 saturated carbocycles. The van der Waals surface area contributed by atoms with Gasteiger partial charge >= 0.3 is 11.9 Å². The van der Waals surface area contributed by atoms with E-state index in [1.54, 1.807) is 28.9 Å². The normalized spacial score (nSPS) is 28.8. The maximum absolute atomic E-state index is 12.2. The fourth-order valence-electron chi connectivity index (χ4n) is 5.77. The van der Waals surface area contributed by atoms with Gasteiger partial charge in [-0.3, -0.25) is 0 Å². The second-order valence-corrected chi connectivity index (χ2v) is 15.5. The summed E-state index contributed by atoms with van der Waals surface area (Å²) in [6, 6.07) is 0. The highest BCUT2D eigenvalue weighted by molar-refractivity contribution is 8.74. The second-order valence-electron chi connectivity index (χ2n) is 13.6. The number of ether oxygens (including phenoxy) is 2. The van der Waals surface area contributed by atoms with Crippen LogP contribution in [0, 0.1) is 5.41 Å². The highest BCUT2D eigenvalue weighted by atomic mass is 33.1. The van der Waals surface area contributed by atoms with Crippen molar-refractivity contribution in [2.75, 3.05) is 0 Å². The number of carbonyl (C=O) groups excluding carboxylic acids is 2. The third-order valence-electron chi connectivity index (χ3n) is 7.77. The maximum Gasteiger partial charge on any atom is 0.333 e. The summed E-state index contributed by atoms with van der Waals surface area (Å²) in [4.78, 5) is 24.2. The van der Waals surface area contributed by atoms with Gasteiger partial charge < -0.3 is 9.47 Å². The Hall–Kier alpha value is -0.960. The van der Waals surface area contributed by atoms with Crippen molar-refractivity contribution < 1.29 is 19.1 Å². The van der Waals surface area contributed by atoms with Crippen LogP contribution < -0.4 is 0 Å². The molecule has 2 fully saturated rings.